The van der Waals surface area contributed by atoms with Crippen LogP contribution >= 0.6 is 0 Å². The molecule has 0 spiro atoms. The van der Waals surface area contributed by atoms with Crippen molar-refractivity contribution in [1.29, 1.82) is 0 Å². The normalized spacial score (nSPS) is 13.6. The lowest BCUT2D eigenvalue weighted by molar-refractivity contribution is -0.127. The Bertz CT molecular complexity index is 205. The molecule has 0 saturated heterocycles. The van der Waals surface area contributed by atoms with Crippen LogP contribution < -0.4 is 5.32 Å². The molecule has 0 aliphatic rings. The van der Waals surface area contributed by atoms with Crippen LogP contribution in [0, 0.1) is 0 Å². The molecule has 2 N–H and O–H groups in total. The summed E-state index contributed by atoms with van der Waals surface area (Å²) in [6.07, 6.45) is 0.706. The Balaban J connectivity index is 4.35. The van der Waals surface area contributed by atoms with E-state index in [-0.39, 0.29) is 24.6 Å². The number of nitrogens with zero attached hydrogens (tertiary/aromatic N) is 1. The molecule has 0 fully saturated rings. The Labute approximate surface area is 99.0 Å². The number of nitrogens with one attached hydrogen (secondary N) is 1. The summed E-state index contributed by atoms with van der Waals surface area (Å²) in [6, 6.07) is 0.329. The third kappa shape index (κ3) is 5.47. The lowest BCUT2D eigenvalue weighted by Crippen LogP contribution is -2.50. The lowest BCUT2D eigenvalue weighted by atomic mass is 10.2. The van der Waals surface area contributed by atoms with E-state index >= 15 is 0 Å². The molecule has 16 heavy (non-hydrogen) atoms. The molecule has 0 aliphatic heterocycles. The third-order valence-corrected chi connectivity index (χ3v) is 2.55. The summed E-state index contributed by atoms with van der Waals surface area (Å²) in [5.41, 5.74) is 0. The molecule has 0 aromatic carbocycles. The van der Waals surface area contributed by atoms with Gasteiger partial charge in [0.05, 0.1) is 6.04 Å². The molecule has 0 rings (SSSR count). The Morgan fingerprint density at radius 3 is 2.19 bits per heavy atom. The highest BCUT2D eigenvalue weighted by atomic mass is 16.3. The van der Waals surface area contributed by atoms with Crippen LogP contribution in [-0.4, -0.2) is 47.2 Å². The van der Waals surface area contributed by atoms with Crippen molar-refractivity contribution in [3.63, 3.8) is 0 Å². The molecule has 0 radical (unpaired) electrons. The average molecular weight is 230 g/mol. The van der Waals surface area contributed by atoms with Crippen molar-refractivity contribution in [2.24, 2.45) is 0 Å². The summed E-state index contributed by atoms with van der Waals surface area (Å²) < 4.78 is 0. The third-order valence-electron chi connectivity index (χ3n) is 2.55. The largest absolute Gasteiger partial charge is 0.396 e. The van der Waals surface area contributed by atoms with Crippen molar-refractivity contribution in [3.8, 4) is 0 Å². The molecule has 1 atom stereocenters. The van der Waals surface area contributed by atoms with Gasteiger partial charge in [-0.25, -0.2) is 0 Å². The van der Waals surface area contributed by atoms with Gasteiger partial charge in [-0.15, -0.1) is 0 Å². The highest BCUT2D eigenvalue weighted by Crippen LogP contribution is 2.07. The topological polar surface area (TPSA) is 52.6 Å². The minimum Gasteiger partial charge on any atom is -0.396 e. The minimum absolute atomic E-state index is 0.0571. The predicted octanol–water partition coefficient (Wildman–Crippen LogP) is 0.992. The van der Waals surface area contributed by atoms with Crippen LogP contribution in [0.25, 0.3) is 0 Å². The summed E-state index contributed by atoms with van der Waals surface area (Å²) in [4.78, 5) is 14.0. The number of carbonyl (C=O) groups excluding carboxylic acids is 1. The van der Waals surface area contributed by atoms with E-state index in [2.05, 4.69) is 24.1 Å². The summed E-state index contributed by atoms with van der Waals surface area (Å²) >= 11 is 0. The van der Waals surface area contributed by atoms with Gasteiger partial charge >= 0.3 is 0 Å². The van der Waals surface area contributed by atoms with Crippen molar-refractivity contribution in [2.45, 2.75) is 59.2 Å². The van der Waals surface area contributed by atoms with Crippen LogP contribution in [0.2, 0.25) is 0 Å². The zero-order valence-corrected chi connectivity index (χ0v) is 11.2. The van der Waals surface area contributed by atoms with E-state index in [4.69, 9.17) is 5.11 Å². The molecular formula is C12H26N2O2. The maximum absolute atomic E-state index is 11.8. The second-order valence-electron chi connectivity index (χ2n) is 4.75. The number of carbonyl (C=O) groups is 1. The first-order chi connectivity index (χ1) is 7.40. The molecule has 4 heteroatoms. The minimum atomic E-state index is -0.144. The Morgan fingerprint density at radius 1 is 1.25 bits per heavy atom. The van der Waals surface area contributed by atoms with Gasteiger partial charge in [-0.1, -0.05) is 0 Å². The molecule has 0 aliphatic carbocycles. The van der Waals surface area contributed by atoms with E-state index in [1.54, 1.807) is 0 Å². The van der Waals surface area contributed by atoms with Gasteiger partial charge in [0.15, 0.2) is 0 Å². The molecule has 0 bridgehead atoms. The maximum atomic E-state index is 11.8. The maximum Gasteiger partial charge on any atom is 0.237 e. The quantitative estimate of drug-likeness (QED) is 0.686. The van der Waals surface area contributed by atoms with Crippen molar-refractivity contribution in [2.75, 3.05) is 13.2 Å². The zero-order chi connectivity index (χ0) is 12.7. The fourth-order valence-corrected chi connectivity index (χ4v) is 1.71. The van der Waals surface area contributed by atoms with E-state index < -0.39 is 0 Å². The summed E-state index contributed by atoms with van der Waals surface area (Å²) in [5.74, 6) is 0.0571. The number of aliphatic hydroxyl groups is 1. The predicted molar refractivity (Wildman–Crippen MR) is 66.3 cm³/mol. The lowest BCUT2D eigenvalue weighted by Gasteiger charge is -2.32. The van der Waals surface area contributed by atoms with Crippen LogP contribution in [0.4, 0.5) is 0 Å². The van der Waals surface area contributed by atoms with Gasteiger partial charge in [0.1, 0.15) is 0 Å². The van der Waals surface area contributed by atoms with Crippen LogP contribution in [0.5, 0.6) is 0 Å². The van der Waals surface area contributed by atoms with E-state index in [9.17, 15) is 4.79 Å². The molecular weight excluding hydrogens is 204 g/mol. The summed E-state index contributed by atoms with van der Waals surface area (Å²) in [5, 5.41) is 11.7. The molecule has 0 saturated carbocycles. The van der Waals surface area contributed by atoms with Gasteiger partial charge < -0.3 is 10.4 Å². The van der Waals surface area contributed by atoms with Crippen LogP contribution in [0.3, 0.4) is 0 Å². The van der Waals surface area contributed by atoms with E-state index in [0.29, 0.717) is 12.5 Å². The van der Waals surface area contributed by atoms with Crippen LogP contribution in [0.15, 0.2) is 0 Å². The standard InChI is InChI=1S/C12H26N2O2/c1-9(2)13-12(16)11(5)14(10(3)4)7-6-8-15/h9-11,15H,6-8H2,1-5H3,(H,13,16). The van der Waals surface area contributed by atoms with Gasteiger partial charge in [0, 0.05) is 25.2 Å². The number of rotatable bonds is 7. The Hall–Kier alpha value is -0.610. The SMILES string of the molecule is CC(C)NC(=O)C(C)N(CCCO)C(C)C. The fourth-order valence-electron chi connectivity index (χ4n) is 1.71. The summed E-state index contributed by atoms with van der Waals surface area (Å²) in [7, 11) is 0. The Morgan fingerprint density at radius 2 is 1.81 bits per heavy atom. The average Bonchev–Trinajstić information content (AvgIpc) is 2.16. The smallest absolute Gasteiger partial charge is 0.237 e. The van der Waals surface area contributed by atoms with E-state index in [1.165, 1.54) is 0 Å². The zero-order valence-electron chi connectivity index (χ0n) is 11.2. The number of hydrogen-bond acceptors (Lipinski definition) is 3. The molecule has 4 nitrogen and oxygen atoms in total. The first-order valence-electron chi connectivity index (χ1n) is 6.07. The Kier molecular flexibility index (Phi) is 7.34. The highest BCUT2D eigenvalue weighted by Gasteiger charge is 2.23. The van der Waals surface area contributed by atoms with Gasteiger partial charge in [-0.05, 0) is 41.0 Å². The van der Waals surface area contributed by atoms with Crippen molar-refractivity contribution in [1.82, 2.24) is 10.2 Å². The highest BCUT2D eigenvalue weighted by molar-refractivity contribution is 5.81. The molecule has 1 unspecified atom stereocenters. The fraction of sp³-hybridized carbons (Fsp3) is 0.917. The second kappa shape index (κ2) is 7.63. The van der Waals surface area contributed by atoms with Gasteiger partial charge in [-0.2, -0.15) is 0 Å². The molecule has 1 amide bonds. The molecule has 0 aromatic rings. The van der Waals surface area contributed by atoms with Crippen LogP contribution in [0.1, 0.15) is 41.0 Å². The van der Waals surface area contributed by atoms with E-state index in [0.717, 1.165) is 6.54 Å². The van der Waals surface area contributed by atoms with Crippen molar-refractivity contribution >= 4 is 5.91 Å². The number of aliphatic hydroxyl groups excluding tert-OH is 1. The molecule has 0 aromatic heterocycles. The van der Waals surface area contributed by atoms with Crippen molar-refractivity contribution < 1.29 is 9.90 Å². The van der Waals surface area contributed by atoms with Crippen LogP contribution in [-0.2, 0) is 4.79 Å². The first kappa shape index (κ1) is 15.4. The number of amides is 1. The molecule has 0 heterocycles. The summed E-state index contributed by atoms with van der Waals surface area (Å²) in [6.45, 7) is 10.9. The monoisotopic (exact) mass is 230 g/mol. The van der Waals surface area contributed by atoms with Gasteiger partial charge in [0.2, 0.25) is 5.91 Å². The first-order valence-corrected chi connectivity index (χ1v) is 6.07. The van der Waals surface area contributed by atoms with E-state index in [1.807, 2.05) is 20.8 Å². The van der Waals surface area contributed by atoms with Gasteiger partial charge in [-0.3, -0.25) is 9.69 Å². The number of hydrogen-bond donors (Lipinski definition) is 2. The molecule has 96 valence electrons. The second-order valence-corrected chi connectivity index (χ2v) is 4.75. The van der Waals surface area contributed by atoms with Crippen molar-refractivity contribution in [3.05, 3.63) is 0 Å². The van der Waals surface area contributed by atoms with Gasteiger partial charge in [0.25, 0.3) is 0 Å².